The molecule has 0 saturated heterocycles. The fraction of sp³-hybridized carbons (Fsp3) is 0.214. The summed E-state index contributed by atoms with van der Waals surface area (Å²) in [7, 11) is 1.44. The molecule has 1 aliphatic carbocycles. The molecule has 1 heterocycles. The summed E-state index contributed by atoms with van der Waals surface area (Å²) < 4.78 is 47.3. The quantitative estimate of drug-likeness (QED) is 0.407. The first-order valence-corrected chi connectivity index (χ1v) is 12.0. The lowest BCUT2D eigenvalue weighted by atomic mass is 9.78. The van der Waals surface area contributed by atoms with Crippen LogP contribution >= 0.6 is 11.6 Å². The maximum absolute atomic E-state index is 14.0. The number of carbonyl (C=O) groups is 2. The van der Waals surface area contributed by atoms with Crippen LogP contribution < -0.4 is 15.0 Å². The van der Waals surface area contributed by atoms with Crippen LogP contribution in [0.2, 0.25) is 5.02 Å². The number of nitrogens with one attached hydrogen (secondary N) is 1. The van der Waals surface area contributed by atoms with Crippen LogP contribution in [0.4, 0.5) is 24.5 Å². The van der Waals surface area contributed by atoms with Crippen molar-refractivity contribution in [1.82, 2.24) is 0 Å². The van der Waals surface area contributed by atoms with Crippen molar-refractivity contribution >= 4 is 34.7 Å². The lowest BCUT2D eigenvalue weighted by Crippen LogP contribution is -2.45. The zero-order valence-electron chi connectivity index (χ0n) is 19.7. The monoisotopic (exact) mass is 526 g/mol. The zero-order valence-corrected chi connectivity index (χ0v) is 20.4. The van der Waals surface area contributed by atoms with Crippen LogP contribution in [0.3, 0.4) is 0 Å². The molecule has 0 fully saturated rings. The van der Waals surface area contributed by atoms with Crippen molar-refractivity contribution < 1.29 is 27.5 Å². The molecule has 2 unspecified atom stereocenters. The van der Waals surface area contributed by atoms with E-state index in [4.69, 9.17) is 16.3 Å². The average Bonchev–Trinajstić information content (AvgIpc) is 3.02. The Morgan fingerprint density at radius 2 is 1.73 bits per heavy atom. The molecule has 3 aromatic rings. The highest BCUT2D eigenvalue weighted by Gasteiger charge is 2.50. The minimum Gasteiger partial charge on any atom is -0.497 e. The Morgan fingerprint density at radius 1 is 1.00 bits per heavy atom. The van der Waals surface area contributed by atoms with Gasteiger partial charge in [-0.2, -0.15) is 13.2 Å². The number of nitrogens with zero attached hydrogens (tertiary/aromatic N) is 1. The Balaban J connectivity index is 1.77. The number of allylic oxidation sites excluding steroid dienone is 1. The number of benzene rings is 3. The normalized spacial score (nSPS) is 19.5. The molecule has 0 saturated carbocycles. The minimum absolute atomic E-state index is 0.0296. The molecule has 190 valence electrons. The zero-order chi connectivity index (χ0) is 26.3. The van der Waals surface area contributed by atoms with Gasteiger partial charge in [0, 0.05) is 22.7 Å². The van der Waals surface area contributed by atoms with Gasteiger partial charge in [0.15, 0.2) is 5.78 Å². The molecular formula is C28H22ClF3N2O3. The van der Waals surface area contributed by atoms with E-state index in [1.807, 2.05) is 30.3 Å². The molecule has 0 bridgehead atoms. The van der Waals surface area contributed by atoms with E-state index < -0.39 is 18.1 Å². The number of anilines is 2. The number of carbonyl (C=O) groups excluding carboxylic acids is 2. The van der Waals surface area contributed by atoms with Crippen LogP contribution in [0.15, 0.2) is 84.1 Å². The van der Waals surface area contributed by atoms with Crippen LogP contribution in [0.5, 0.6) is 5.75 Å². The Labute approximate surface area is 216 Å². The summed E-state index contributed by atoms with van der Waals surface area (Å²) in [5.41, 5.74) is 2.02. The third kappa shape index (κ3) is 4.69. The Kier molecular flexibility index (Phi) is 6.45. The number of amides is 1. The highest BCUT2D eigenvalue weighted by molar-refractivity contribution is 6.31. The lowest BCUT2D eigenvalue weighted by Gasteiger charge is -2.35. The van der Waals surface area contributed by atoms with Crippen molar-refractivity contribution in [1.29, 1.82) is 0 Å². The Bertz CT molecular complexity index is 1410. The van der Waals surface area contributed by atoms with Gasteiger partial charge in [0.25, 0.3) is 0 Å². The first-order valence-electron chi connectivity index (χ1n) is 11.6. The van der Waals surface area contributed by atoms with Crippen molar-refractivity contribution in [2.24, 2.45) is 0 Å². The van der Waals surface area contributed by atoms with Gasteiger partial charge in [-0.1, -0.05) is 54.1 Å². The molecule has 1 aliphatic heterocycles. The van der Waals surface area contributed by atoms with Gasteiger partial charge in [-0.05, 0) is 53.8 Å². The average molecular weight is 527 g/mol. The summed E-state index contributed by atoms with van der Waals surface area (Å²) in [6.45, 7) is 0. The fourth-order valence-corrected chi connectivity index (χ4v) is 5.24. The number of rotatable bonds is 3. The van der Waals surface area contributed by atoms with Gasteiger partial charge in [0.05, 0.1) is 24.5 Å². The van der Waals surface area contributed by atoms with Crippen molar-refractivity contribution in [3.8, 4) is 5.75 Å². The molecule has 1 N–H and O–H groups in total. The summed E-state index contributed by atoms with van der Waals surface area (Å²) in [4.78, 5) is 27.4. The first kappa shape index (κ1) is 24.9. The Morgan fingerprint density at radius 3 is 2.43 bits per heavy atom. The van der Waals surface area contributed by atoms with Gasteiger partial charge in [-0.25, -0.2) is 0 Å². The first-order chi connectivity index (χ1) is 17.7. The second kappa shape index (κ2) is 9.59. The molecule has 5 rings (SSSR count). The number of alkyl halides is 3. The Hall–Kier alpha value is -3.78. The molecule has 0 radical (unpaired) electrons. The van der Waals surface area contributed by atoms with Gasteiger partial charge < -0.3 is 10.1 Å². The largest absolute Gasteiger partial charge is 0.497 e. The maximum Gasteiger partial charge on any atom is 0.471 e. The molecule has 0 aromatic heterocycles. The number of hydrogen-bond donors (Lipinski definition) is 1. The second-order valence-electron chi connectivity index (χ2n) is 8.97. The molecule has 1 amide bonds. The summed E-state index contributed by atoms with van der Waals surface area (Å²) in [6, 6.07) is 18.8. The predicted molar refractivity (Wildman–Crippen MR) is 135 cm³/mol. The molecule has 37 heavy (non-hydrogen) atoms. The van der Waals surface area contributed by atoms with Crippen molar-refractivity contribution in [3.05, 3.63) is 100 Å². The van der Waals surface area contributed by atoms with Crippen LogP contribution in [-0.2, 0) is 9.59 Å². The molecule has 3 aromatic carbocycles. The number of ketones is 1. The summed E-state index contributed by atoms with van der Waals surface area (Å²) in [6.07, 6.45) is -4.73. The standard InChI is InChI=1S/C28H22ClF3N2O3/c1-37-20-9-5-8-17(12-20)26-25-22(13-18(14-24(25)35)16-6-3-2-4-7-16)33-21-15-19(29)10-11-23(21)34(26)27(36)28(30,31)32/h2-12,15,18,26,33H,13-14H2,1H3. The molecular weight excluding hydrogens is 505 g/mol. The summed E-state index contributed by atoms with van der Waals surface area (Å²) in [5, 5.41) is 3.45. The summed E-state index contributed by atoms with van der Waals surface area (Å²) in [5.74, 6) is -2.22. The highest BCUT2D eigenvalue weighted by Crippen LogP contribution is 2.49. The van der Waals surface area contributed by atoms with Crippen LogP contribution in [0.1, 0.15) is 35.9 Å². The number of Topliss-reactive ketones (excluding diaryl/α,β-unsaturated/α-hetero) is 1. The van der Waals surface area contributed by atoms with E-state index in [9.17, 15) is 22.8 Å². The van der Waals surface area contributed by atoms with E-state index >= 15 is 0 Å². The van der Waals surface area contributed by atoms with E-state index in [1.54, 1.807) is 24.3 Å². The van der Waals surface area contributed by atoms with Gasteiger partial charge >= 0.3 is 12.1 Å². The van der Waals surface area contributed by atoms with Crippen molar-refractivity contribution in [2.75, 3.05) is 17.3 Å². The van der Waals surface area contributed by atoms with Crippen LogP contribution in [0.25, 0.3) is 0 Å². The fourth-order valence-electron chi connectivity index (χ4n) is 5.07. The highest BCUT2D eigenvalue weighted by atomic mass is 35.5. The number of ether oxygens (including phenoxy) is 1. The number of halogens is 4. The van der Waals surface area contributed by atoms with E-state index in [0.717, 1.165) is 5.56 Å². The topological polar surface area (TPSA) is 58.6 Å². The van der Waals surface area contributed by atoms with Crippen molar-refractivity contribution in [2.45, 2.75) is 31.0 Å². The number of fused-ring (bicyclic) bond motifs is 1. The smallest absolute Gasteiger partial charge is 0.471 e. The second-order valence-corrected chi connectivity index (χ2v) is 9.41. The lowest BCUT2D eigenvalue weighted by molar-refractivity contribution is -0.170. The van der Waals surface area contributed by atoms with E-state index in [2.05, 4.69) is 5.32 Å². The van der Waals surface area contributed by atoms with Gasteiger partial charge in [0.2, 0.25) is 0 Å². The minimum atomic E-state index is -5.19. The SMILES string of the molecule is COc1cccc(C2C3=C(CC(c4ccccc4)CC3=O)Nc3cc(Cl)ccc3N2C(=O)C(F)(F)F)c1. The third-order valence-electron chi connectivity index (χ3n) is 6.68. The van der Waals surface area contributed by atoms with Crippen molar-refractivity contribution in [3.63, 3.8) is 0 Å². The number of methoxy groups -OCH3 is 1. The van der Waals surface area contributed by atoms with E-state index in [-0.39, 0.29) is 40.1 Å². The predicted octanol–water partition coefficient (Wildman–Crippen LogP) is 6.81. The van der Waals surface area contributed by atoms with Crippen LogP contribution in [-0.4, -0.2) is 25.0 Å². The van der Waals surface area contributed by atoms with Gasteiger partial charge in [-0.3, -0.25) is 14.5 Å². The molecule has 0 spiro atoms. The maximum atomic E-state index is 14.0. The molecule has 9 heteroatoms. The van der Waals surface area contributed by atoms with Crippen LogP contribution in [0, 0.1) is 0 Å². The summed E-state index contributed by atoms with van der Waals surface area (Å²) >= 11 is 6.20. The number of hydrogen-bond acceptors (Lipinski definition) is 4. The molecule has 2 atom stereocenters. The molecule has 2 aliphatic rings. The molecule has 5 nitrogen and oxygen atoms in total. The van der Waals surface area contributed by atoms with E-state index in [1.165, 1.54) is 25.3 Å². The van der Waals surface area contributed by atoms with Gasteiger partial charge in [0.1, 0.15) is 5.75 Å². The van der Waals surface area contributed by atoms with Gasteiger partial charge in [-0.15, -0.1) is 0 Å². The third-order valence-corrected chi connectivity index (χ3v) is 6.92. The van der Waals surface area contributed by atoms with E-state index in [0.29, 0.717) is 28.3 Å².